The van der Waals surface area contributed by atoms with E-state index < -0.39 is 8.07 Å². The van der Waals surface area contributed by atoms with Gasteiger partial charge in [-0.25, -0.2) is 14.3 Å². The summed E-state index contributed by atoms with van der Waals surface area (Å²) in [6, 6.07) is 10.5. The Morgan fingerprint density at radius 3 is 2.68 bits per heavy atom. The minimum Gasteiger partial charge on any atom is -0.324 e. The molecule has 9 heteroatoms. The first-order valence-corrected chi connectivity index (χ1v) is 16.7. The molecule has 0 radical (unpaired) electrons. The van der Waals surface area contributed by atoms with Crippen molar-refractivity contribution in [3.8, 4) is 5.69 Å². The highest BCUT2D eigenvalue weighted by molar-refractivity contribution is 6.77. The van der Waals surface area contributed by atoms with Crippen LogP contribution in [0.3, 0.4) is 0 Å². The molecule has 2 N–H and O–H groups in total. The van der Waals surface area contributed by atoms with Gasteiger partial charge in [0.05, 0.1) is 20.3 Å². The van der Waals surface area contributed by atoms with E-state index in [-0.39, 0.29) is 11.0 Å². The van der Waals surface area contributed by atoms with E-state index in [9.17, 15) is 4.79 Å². The molecule has 1 aromatic carbocycles. The zero-order valence-electron chi connectivity index (χ0n) is 23.2. The number of nitrogens with one attached hydrogen (secondary N) is 2. The van der Waals surface area contributed by atoms with Gasteiger partial charge in [0.15, 0.2) is 5.65 Å². The first-order chi connectivity index (χ1) is 18.0. The lowest BCUT2D eigenvalue weighted by Crippen LogP contribution is -2.44. The van der Waals surface area contributed by atoms with Crippen LogP contribution in [0.15, 0.2) is 60.2 Å². The summed E-state index contributed by atoms with van der Waals surface area (Å²) in [6.45, 7) is 18.8. The highest BCUT2D eigenvalue weighted by atomic mass is 28.3. The van der Waals surface area contributed by atoms with E-state index in [1.807, 2.05) is 16.8 Å². The van der Waals surface area contributed by atoms with E-state index >= 15 is 0 Å². The predicted molar refractivity (Wildman–Crippen MR) is 157 cm³/mol. The molecule has 0 saturated carbocycles. The number of pyridine rings is 1. The fourth-order valence-electron chi connectivity index (χ4n) is 5.14. The number of fused-ring (bicyclic) bond motifs is 2. The molecule has 38 heavy (non-hydrogen) atoms. The molecule has 0 saturated heterocycles. The van der Waals surface area contributed by atoms with Crippen LogP contribution < -0.4 is 16.2 Å². The molecule has 0 fully saturated rings. The van der Waals surface area contributed by atoms with Crippen molar-refractivity contribution in [1.29, 1.82) is 0 Å². The van der Waals surface area contributed by atoms with Gasteiger partial charge in [-0.2, -0.15) is 4.98 Å². The maximum Gasteiger partial charge on any atom is 0.278 e. The number of rotatable bonds is 6. The summed E-state index contributed by atoms with van der Waals surface area (Å²) in [6.07, 6.45) is 6.09. The van der Waals surface area contributed by atoms with Crippen molar-refractivity contribution in [2.24, 2.45) is 0 Å². The molecule has 4 heterocycles. The van der Waals surface area contributed by atoms with Gasteiger partial charge in [-0.05, 0) is 48.4 Å². The molecule has 0 bridgehead atoms. The smallest absolute Gasteiger partial charge is 0.278 e. The molecule has 1 aliphatic rings. The molecule has 0 aliphatic carbocycles. The molecule has 5 rings (SSSR count). The Kier molecular flexibility index (Phi) is 6.61. The Bertz CT molecular complexity index is 1570. The maximum atomic E-state index is 13.3. The number of hydrogen-bond acceptors (Lipinski definition) is 6. The number of hydrogen-bond donors (Lipinski definition) is 2. The number of benzene rings is 1. The van der Waals surface area contributed by atoms with Gasteiger partial charge >= 0.3 is 0 Å². The van der Waals surface area contributed by atoms with E-state index in [1.54, 1.807) is 23.2 Å². The fourth-order valence-corrected chi connectivity index (χ4v) is 7.12. The third kappa shape index (κ3) is 4.83. The van der Waals surface area contributed by atoms with Gasteiger partial charge in [0.1, 0.15) is 5.39 Å². The molecule has 0 spiro atoms. The van der Waals surface area contributed by atoms with Crippen LogP contribution in [0.4, 0.5) is 11.6 Å². The van der Waals surface area contributed by atoms with Crippen LogP contribution in [0.25, 0.3) is 16.7 Å². The lowest BCUT2D eigenvalue weighted by Gasteiger charge is -2.35. The topological polar surface area (TPSA) is 89.7 Å². The van der Waals surface area contributed by atoms with Crippen molar-refractivity contribution < 1.29 is 0 Å². The second-order valence-electron chi connectivity index (χ2n) is 12.1. The van der Waals surface area contributed by atoms with Crippen LogP contribution in [0.1, 0.15) is 43.3 Å². The molecule has 1 unspecified atom stereocenters. The number of nitrogens with zero attached hydrogens (tertiary/aromatic N) is 5. The van der Waals surface area contributed by atoms with Crippen molar-refractivity contribution in [1.82, 2.24) is 29.6 Å². The van der Waals surface area contributed by atoms with Gasteiger partial charge in [0, 0.05) is 34.9 Å². The quantitative estimate of drug-likeness (QED) is 0.262. The van der Waals surface area contributed by atoms with Crippen LogP contribution in [0.5, 0.6) is 0 Å². The standard InChI is InChI=1S/C29H37N7OSi/c1-8-15-35-27(37)23-18-32-28(34-25(23)36(35)21-12-14-30-24(17-21)29(2,3)4)33-20-9-10-22-19(16-20)11-13-31-26(22)38(5,6)7/h8-10,12,14,16-18,26,31H,1,11,13,15H2,2-7H3,(H,32,33,34). The molecule has 4 aromatic rings. The second kappa shape index (κ2) is 9.63. The molecule has 3 aromatic heterocycles. The fraction of sp³-hybridized carbons (Fsp3) is 0.379. The Balaban J connectivity index is 1.57. The van der Waals surface area contributed by atoms with Crippen molar-refractivity contribution in [3.05, 3.63) is 82.6 Å². The Morgan fingerprint density at radius 1 is 1.18 bits per heavy atom. The molecule has 198 valence electrons. The van der Waals surface area contributed by atoms with Crippen LogP contribution in [0.2, 0.25) is 19.6 Å². The summed E-state index contributed by atoms with van der Waals surface area (Å²) in [4.78, 5) is 27.2. The van der Waals surface area contributed by atoms with Crippen molar-refractivity contribution in [2.45, 2.75) is 64.5 Å². The molecule has 1 atom stereocenters. The summed E-state index contributed by atoms with van der Waals surface area (Å²) in [5.74, 6) is 0.447. The highest BCUT2D eigenvalue weighted by Crippen LogP contribution is 2.32. The lowest BCUT2D eigenvalue weighted by molar-refractivity contribution is 0.563. The Morgan fingerprint density at radius 2 is 1.97 bits per heavy atom. The highest BCUT2D eigenvalue weighted by Gasteiger charge is 2.31. The average Bonchev–Trinajstić information content (AvgIpc) is 3.13. The van der Waals surface area contributed by atoms with E-state index in [1.165, 1.54) is 11.1 Å². The summed E-state index contributed by atoms with van der Waals surface area (Å²) in [5, 5.41) is 7.57. The largest absolute Gasteiger partial charge is 0.324 e. The Labute approximate surface area is 224 Å². The van der Waals surface area contributed by atoms with Gasteiger partial charge in [0.2, 0.25) is 5.95 Å². The van der Waals surface area contributed by atoms with Crippen molar-refractivity contribution in [3.63, 3.8) is 0 Å². The number of aromatic nitrogens is 5. The number of anilines is 2. The van der Waals surface area contributed by atoms with Gasteiger partial charge < -0.3 is 10.6 Å². The normalized spacial score (nSPS) is 15.9. The van der Waals surface area contributed by atoms with Gasteiger partial charge in [-0.3, -0.25) is 9.78 Å². The van der Waals surface area contributed by atoms with E-state index in [0.29, 0.717) is 29.2 Å². The third-order valence-corrected chi connectivity index (χ3v) is 9.30. The third-order valence-electron chi connectivity index (χ3n) is 7.05. The summed E-state index contributed by atoms with van der Waals surface area (Å²) < 4.78 is 3.49. The summed E-state index contributed by atoms with van der Waals surface area (Å²) in [7, 11) is -1.40. The van der Waals surface area contributed by atoms with Gasteiger partial charge in [-0.1, -0.05) is 52.6 Å². The van der Waals surface area contributed by atoms with Crippen LogP contribution >= 0.6 is 0 Å². The summed E-state index contributed by atoms with van der Waals surface area (Å²) in [5.41, 5.74) is 6.16. The maximum absolute atomic E-state index is 13.3. The first kappa shape index (κ1) is 26.1. The van der Waals surface area contributed by atoms with Crippen molar-refractivity contribution in [2.75, 3.05) is 11.9 Å². The average molecular weight is 528 g/mol. The molecule has 0 amide bonds. The molecular formula is C29H37N7OSi. The summed E-state index contributed by atoms with van der Waals surface area (Å²) >= 11 is 0. The van der Waals surface area contributed by atoms with Gasteiger partial charge in [0.25, 0.3) is 5.56 Å². The van der Waals surface area contributed by atoms with E-state index in [2.05, 4.69) is 85.8 Å². The zero-order valence-corrected chi connectivity index (χ0v) is 24.2. The van der Waals surface area contributed by atoms with Gasteiger partial charge in [-0.15, -0.1) is 6.58 Å². The minimum absolute atomic E-state index is 0.138. The predicted octanol–water partition coefficient (Wildman–Crippen LogP) is 5.27. The van der Waals surface area contributed by atoms with Crippen molar-refractivity contribution >= 4 is 30.7 Å². The van der Waals surface area contributed by atoms with Crippen LogP contribution in [-0.4, -0.2) is 38.9 Å². The zero-order chi connectivity index (χ0) is 27.2. The monoisotopic (exact) mass is 527 g/mol. The second-order valence-corrected chi connectivity index (χ2v) is 17.4. The van der Waals surface area contributed by atoms with Crippen LogP contribution in [0, 0.1) is 0 Å². The SMILES string of the molecule is C=CCn1c(=O)c2cnc(Nc3ccc4c(c3)CCNC4[Si](C)(C)C)nc2n1-c1ccnc(C(C)(C)C)c1. The van der Waals surface area contributed by atoms with E-state index in [0.717, 1.165) is 30.0 Å². The minimum atomic E-state index is -1.40. The van der Waals surface area contributed by atoms with Crippen LogP contribution in [-0.2, 0) is 18.4 Å². The van der Waals surface area contributed by atoms with E-state index in [4.69, 9.17) is 4.98 Å². The molecular weight excluding hydrogens is 490 g/mol. The molecule has 8 nitrogen and oxygen atoms in total. The Hall–Kier alpha value is -3.56. The molecule has 1 aliphatic heterocycles. The first-order valence-electron chi connectivity index (χ1n) is 13.2. The number of allylic oxidation sites excluding steroid dienone is 1. The lowest BCUT2D eigenvalue weighted by atomic mass is 9.91.